The molecule has 2 amide bonds. The molecule has 31 heavy (non-hydrogen) atoms. The minimum Gasteiger partial charge on any atom is -0.497 e. The summed E-state index contributed by atoms with van der Waals surface area (Å²) in [5.74, 6) is 0.894. The third-order valence-electron chi connectivity index (χ3n) is 6.22. The lowest BCUT2D eigenvalue weighted by atomic mass is 10.0. The van der Waals surface area contributed by atoms with Crippen LogP contribution in [0.3, 0.4) is 0 Å². The number of rotatable bonds is 8. The highest BCUT2D eigenvalue weighted by Gasteiger charge is 2.43. The largest absolute Gasteiger partial charge is 0.497 e. The number of carbonyl (C=O) groups is 2. The number of piperazine rings is 1. The molecule has 0 spiro atoms. The van der Waals surface area contributed by atoms with Gasteiger partial charge in [-0.15, -0.1) is 0 Å². The van der Waals surface area contributed by atoms with Crippen molar-refractivity contribution >= 4 is 29.1 Å². The summed E-state index contributed by atoms with van der Waals surface area (Å²) >= 11 is 5.40. The van der Waals surface area contributed by atoms with E-state index in [9.17, 15) is 9.59 Å². The van der Waals surface area contributed by atoms with Crippen LogP contribution in [0.2, 0.25) is 0 Å². The van der Waals surface area contributed by atoms with Crippen molar-refractivity contribution in [3.8, 4) is 5.75 Å². The van der Waals surface area contributed by atoms with E-state index < -0.39 is 0 Å². The van der Waals surface area contributed by atoms with Gasteiger partial charge < -0.3 is 26.0 Å². The minimum absolute atomic E-state index is 0.0213. The molecule has 4 N–H and O–H groups in total. The smallest absolute Gasteiger partial charge is 0.237 e. The third kappa shape index (κ3) is 5.86. The summed E-state index contributed by atoms with van der Waals surface area (Å²) in [7, 11) is 1.63. The molecule has 2 heterocycles. The second-order valence-corrected chi connectivity index (χ2v) is 9.01. The fourth-order valence-electron chi connectivity index (χ4n) is 4.32. The lowest BCUT2D eigenvalue weighted by molar-refractivity contribution is -0.129. The van der Waals surface area contributed by atoms with Crippen molar-refractivity contribution < 1.29 is 14.3 Å². The zero-order valence-electron chi connectivity index (χ0n) is 17.9. The first-order valence-corrected chi connectivity index (χ1v) is 11.4. The fraction of sp³-hybridized carbons (Fsp3) is 0.591. The Hall–Kier alpha value is -2.39. The Balaban J connectivity index is 1.23. The molecular formula is C22H31N5O3S. The highest BCUT2D eigenvalue weighted by Crippen LogP contribution is 2.26. The lowest BCUT2D eigenvalue weighted by Gasteiger charge is -2.37. The molecular weight excluding hydrogens is 414 g/mol. The van der Waals surface area contributed by atoms with Gasteiger partial charge in [0.2, 0.25) is 11.8 Å². The standard InChI is InChI=1S/C22H31N5O3S/c1-30-18-7-2-14(3-8-18)11-23-20(28)9-6-17-12-24-21(29)19-10-16(13-27(17)19)26-22(31)25-15-4-5-15/h2-3,7-8,15-17,19H,4-6,9-13H2,1H3,(H,23,28)(H,24,29)(H2,25,26,31)/t16-,17+,19-/m0/s1. The summed E-state index contributed by atoms with van der Waals surface area (Å²) in [6.45, 7) is 1.84. The van der Waals surface area contributed by atoms with Crippen molar-refractivity contribution in [1.82, 2.24) is 26.2 Å². The van der Waals surface area contributed by atoms with Gasteiger partial charge in [0.25, 0.3) is 0 Å². The summed E-state index contributed by atoms with van der Waals surface area (Å²) in [5, 5.41) is 13.3. The van der Waals surface area contributed by atoms with E-state index in [0.29, 0.717) is 37.1 Å². The molecule has 8 nitrogen and oxygen atoms in total. The second-order valence-electron chi connectivity index (χ2n) is 8.60. The van der Waals surface area contributed by atoms with E-state index in [1.54, 1.807) is 7.11 Å². The molecule has 1 saturated carbocycles. The Labute approximate surface area is 188 Å². The maximum atomic E-state index is 12.4. The number of methoxy groups -OCH3 is 1. The number of benzene rings is 1. The topological polar surface area (TPSA) is 94.7 Å². The van der Waals surface area contributed by atoms with Gasteiger partial charge in [0.15, 0.2) is 5.11 Å². The average molecular weight is 446 g/mol. The molecule has 1 aromatic carbocycles. The van der Waals surface area contributed by atoms with Crippen LogP contribution in [-0.2, 0) is 16.1 Å². The van der Waals surface area contributed by atoms with Crippen LogP contribution >= 0.6 is 12.2 Å². The van der Waals surface area contributed by atoms with E-state index in [1.807, 2.05) is 24.3 Å². The molecule has 4 rings (SSSR count). The average Bonchev–Trinajstić information content (AvgIpc) is 3.47. The Morgan fingerprint density at radius 1 is 1.23 bits per heavy atom. The maximum Gasteiger partial charge on any atom is 0.237 e. The molecule has 0 radical (unpaired) electrons. The van der Waals surface area contributed by atoms with Crippen LogP contribution in [0.5, 0.6) is 5.75 Å². The fourth-order valence-corrected chi connectivity index (χ4v) is 4.65. The first kappa shape index (κ1) is 21.8. The zero-order valence-corrected chi connectivity index (χ0v) is 18.7. The number of carbonyl (C=O) groups excluding carboxylic acids is 2. The predicted molar refractivity (Wildman–Crippen MR) is 122 cm³/mol. The van der Waals surface area contributed by atoms with Gasteiger partial charge >= 0.3 is 0 Å². The van der Waals surface area contributed by atoms with E-state index in [2.05, 4.69) is 26.2 Å². The van der Waals surface area contributed by atoms with Crippen LogP contribution in [0.4, 0.5) is 0 Å². The Bertz CT molecular complexity index is 814. The van der Waals surface area contributed by atoms with Gasteiger partial charge in [-0.05, 0) is 55.6 Å². The zero-order chi connectivity index (χ0) is 21.8. The molecule has 168 valence electrons. The van der Waals surface area contributed by atoms with E-state index in [4.69, 9.17) is 17.0 Å². The molecule has 1 aromatic rings. The van der Waals surface area contributed by atoms with Gasteiger partial charge in [-0.3, -0.25) is 14.5 Å². The van der Waals surface area contributed by atoms with Crippen molar-refractivity contribution in [1.29, 1.82) is 0 Å². The Morgan fingerprint density at radius 3 is 2.68 bits per heavy atom. The highest BCUT2D eigenvalue weighted by molar-refractivity contribution is 7.80. The Kier molecular flexibility index (Phi) is 6.92. The van der Waals surface area contributed by atoms with Gasteiger partial charge in [-0.2, -0.15) is 0 Å². The summed E-state index contributed by atoms with van der Waals surface area (Å²) in [5.41, 5.74) is 1.03. The highest BCUT2D eigenvalue weighted by atomic mass is 32.1. The summed E-state index contributed by atoms with van der Waals surface area (Å²) < 4.78 is 5.15. The van der Waals surface area contributed by atoms with Gasteiger partial charge in [0, 0.05) is 44.2 Å². The molecule has 2 saturated heterocycles. The summed E-state index contributed by atoms with van der Waals surface area (Å²) in [4.78, 5) is 27.0. The molecule has 0 unspecified atom stereocenters. The first-order chi connectivity index (χ1) is 15.0. The lowest BCUT2D eigenvalue weighted by Crippen LogP contribution is -2.58. The van der Waals surface area contributed by atoms with Gasteiger partial charge in [0.1, 0.15) is 5.75 Å². The van der Waals surface area contributed by atoms with Gasteiger partial charge in [0.05, 0.1) is 13.2 Å². The number of ether oxygens (including phenoxy) is 1. The van der Waals surface area contributed by atoms with E-state index in [-0.39, 0.29) is 29.9 Å². The normalized spacial score (nSPS) is 25.3. The van der Waals surface area contributed by atoms with Crippen molar-refractivity contribution in [2.24, 2.45) is 0 Å². The number of nitrogens with zero attached hydrogens (tertiary/aromatic N) is 1. The summed E-state index contributed by atoms with van der Waals surface area (Å²) in [6, 6.07) is 8.33. The number of thiocarbonyl (C=S) groups is 1. The van der Waals surface area contributed by atoms with Crippen LogP contribution in [-0.4, -0.2) is 66.2 Å². The number of amides is 2. The van der Waals surface area contributed by atoms with Crippen molar-refractivity contribution in [3.63, 3.8) is 0 Å². The molecule has 0 aromatic heterocycles. The van der Waals surface area contributed by atoms with E-state index in [1.165, 1.54) is 12.8 Å². The van der Waals surface area contributed by atoms with Crippen LogP contribution in [0, 0.1) is 0 Å². The SMILES string of the molecule is COc1ccc(CNC(=O)CC[C@@H]2CNC(=O)[C@@H]3C[C@H](NC(=S)NC4CC4)CN23)cc1. The number of nitrogens with one attached hydrogen (secondary N) is 4. The van der Waals surface area contributed by atoms with Crippen molar-refractivity contribution in [2.75, 3.05) is 20.2 Å². The van der Waals surface area contributed by atoms with E-state index in [0.717, 1.165) is 24.3 Å². The molecule has 1 aliphatic carbocycles. The predicted octanol–water partition coefficient (Wildman–Crippen LogP) is 0.659. The van der Waals surface area contributed by atoms with Crippen LogP contribution < -0.4 is 26.0 Å². The maximum absolute atomic E-state index is 12.4. The molecule has 2 aliphatic heterocycles. The minimum atomic E-state index is -0.151. The molecule has 3 fully saturated rings. The van der Waals surface area contributed by atoms with Gasteiger partial charge in [-0.1, -0.05) is 12.1 Å². The van der Waals surface area contributed by atoms with Gasteiger partial charge in [-0.25, -0.2) is 0 Å². The molecule has 3 atom stereocenters. The quantitative estimate of drug-likeness (QED) is 0.437. The van der Waals surface area contributed by atoms with Crippen LogP contribution in [0.25, 0.3) is 0 Å². The number of hydrogen-bond donors (Lipinski definition) is 4. The first-order valence-electron chi connectivity index (χ1n) is 11.0. The monoisotopic (exact) mass is 445 g/mol. The van der Waals surface area contributed by atoms with E-state index >= 15 is 0 Å². The van der Waals surface area contributed by atoms with Crippen LogP contribution in [0.15, 0.2) is 24.3 Å². The molecule has 3 aliphatic rings. The van der Waals surface area contributed by atoms with Crippen molar-refractivity contribution in [3.05, 3.63) is 29.8 Å². The van der Waals surface area contributed by atoms with Crippen molar-refractivity contribution in [2.45, 2.75) is 62.8 Å². The number of fused-ring (bicyclic) bond motifs is 1. The number of hydrogen-bond acceptors (Lipinski definition) is 5. The Morgan fingerprint density at radius 2 is 1.97 bits per heavy atom. The summed E-state index contributed by atoms with van der Waals surface area (Å²) in [6.07, 6.45) is 4.22. The molecule has 9 heteroatoms. The van der Waals surface area contributed by atoms with Crippen LogP contribution in [0.1, 0.15) is 37.7 Å². The third-order valence-corrected chi connectivity index (χ3v) is 6.46. The second kappa shape index (κ2) is 9.82. The molecule has 0 bridgehead atoms.